The molecule has 2 nitrogen and oxygen atoms in total. The van der Waals surface area contributed by atoms with E-state index in [4.69, 9.17) is 4.74 Å². The van der Waals surface area contributed by atoms with Crippen LogP contribution in [0, 0.1) is 5.41 Å². The topological polar surface area (TPSA) is 26.3 Å². The van der Waals surface area contributed by atoms with Gasteiger partial charge in [-0.05, 0) is 48.1 Å². The highest BCUT2D eigenvalue weighted by molar-refractivity contribution is 5.92. The van der Waals surface area contributed by atoms with Gasteiger partial charge in [-0.25, -0.2) is 0 Å². The molecule has 0 N–H and O–H groups in total. The molecule has 0 saturated heterocycles. The fourth-order valence-corrected chi connectivity index (χ4v) is 2.55. The fraction of sp³-hybridized carbons (Fsp3) is 0.389. The maximum absolute atomic E-state index is 11.7. The Morgan fingerprint density at radius 1 is 1.15 bits per heavy atom. The molecule has 0 saturated carbocycles. The van der Waals surface area contributed by atoms with Gasteiger partial charge in [0, 0.05) is 6.42 Å². The standard InChI is InChI=1S/C18H22O2/c1-4-20-17-9-7-14(8-10-17)5-6-15-11-16(19)13-18(2,3)12-15/h5-11H,4,12-13H2,1-3H3. The van der Waals surface area contributed by atoms with Crippen LogP contribution in [0.25, 0.3) is 6.08 Å². The van der Waals surface area contributed by atoms with Crippen LogP contribution in [0.4, 0.5) is 0 Å². The van der Waals surface area contributed by atoms with Gasteiger partial charge in [0.1, 0.15) is 5.75 Å². The largest absolute Gasteiger partial charge is 0.494 e. The minimum Gasteiger partial charge on any atom is -0.494 e. The highest BCUT2D eigenvalue weighted by atomic mass is 16.5. The monoisotopic (exact) mass is 270 g/mol. The Kier molecular flexibility index (Phi) is 4.43. The van der Waals surface area contributed by atoms with Crippen LogP contribution in [0.5, 0.6) is 5.75 Å². The molecule has 106 valence electrons. The van der Waals surface area contributed by atoms with E-state index in [0.29, 0.717) is 13.0 Å². The molecule has 0 unspecified atom stereocenters. The lowest BCUT2D eigenvalue weighted by atomic mass is 9.77. The van der Waals surface area contributed by atoms with Crippen LogP contribution in [0.1, 0.15) is 39.2 Å². The van der Waals surface area contributed by atoms with Crippen molar-refractivity contribution < 1.29 is 9.53 Å². The highest BCUT2D eigenvalue weighted by Crippen LogP contribution is 2.34. The number of hydrogen-bond acceptors (Lipinski definition) is 2. The molecule has 1 aromatic rings. The van der Waals surface area contributed by atoms with Crippen LogP contribution >= 0.6 is 0 Å². The van der Waals surface area contributed by atoms with E-state index in [-0.39, 0.29) is 11.2 Å². The average molecular weight is 270 g/mol. The summed E-state index contributed by atoms with van der Waals surface area (Å²) >= 11 is 0. The van der Waals surface area contributed by atoms with Crippen LogP contribution in [0.15, 0.2) is 42.0 Å². The predicted molar refractivity (Wildman–Crippen MR) is 82.8 cm³/mol. The summed E-state index contributed by atoms with van der Waals surface area (Å²) in [4.78, 5) is 11.7. The van der Waals surface area contributed by atoms with Gasteiger partial charge in [-0.15, -0.1) is 0 Å². The molecule has 1 aliphatic rings. The van der Waals surface area contributed by atoms with Crippen LogP contribution in [-0.4, -0.2) is 12.4 Å². The Morgan fingerprint density at radius 3 is 2.45 bits per heavy atom. The second-order valence-electron chi connectivity index (χ2n) is 6.04. The molecule has 0 heterocycles. The van der Waals surface area contributed by atoms with Gasteiger partial charge in [0.15, 0.2) is 5.78 Å². The van der Waals surface area contributed by atoms with E-state index in [1.807, 2.05) is 31.2 Å². The van der Waals surface area contributed by atoms with Crippen LogP contribution in [0.3, 0.4) is 0 Å². The van der Waals surface area contributed by atoms with Crippen molar-refractivity contribution in [2.24, 2.45) is 5.41 Å². The molecule has 0 bridgehead atoms. The van der Waals surface area contributed by atoms with Crippen molar-refractivity contribution >= 4 is 11.9 Å². The number of ether oxygens (including phenoxy) is 1. The van der Waals surface area contributed by atoms with Gasteiger partial charge >= 0.3 is 0 Å². The Balaban J connectivity index is 2.07. The van der Waals surface area contributed by atoms with Gasteiger partial charge in [-0.2, -0.15) is 0 Å². The first-order valence-electron chi connectivity index (χ1n) is 7.13. The first-order valence-corrected chi connectivity index (χ1v) is 7.13. The van der Waals surface area contributed by atoms with Gasteiger partial charge in [0.2, 0.25) is 0 Å². The molecule has 2 rings (SSSR count). The van der Waals surface area contributed by atoms with Crippen molar-refractivity contribution in [3.8, 4) is 5.75 Å². The average Bonchev–Trinajstić information content (AvgIpc) is 2.36. The van der Waals surface area contributed by atoms with Crippen molar-refractivity contribution in [3.63, 3.8) is 0 Å². The summed E-state index contributed by atoms with van der Waals surface area (Å²) in [5, 5.41) is 0. The lowest BCUT2D eigenvalue weighted by Gasteiger charge is -2.27. The second kappa shape index (κ2) is 6.08. The molecule has 0 amide bonds. The lowest BCUT2D eigenvalue weighted by Crippen LogP contribution is -2.21. The van der Waals surface area contributed by atoms with Crippen molar-refractivity contribution in [2.75, 3.05) is 6.61 Å². The number of carbonyl (C=O) groups is 1. The van der Waals surface area contributed by atoms with E-state index in [9.17, 15) is 4.79 Å². The Hall–Kier alpha value is -1.83. The minimum absolute atomic E-state index is 0.0737. The Labute approximate surface area is 121 Å². The maximum Gasteiger partial charge on any atom is 0.156 e. The van der Waals surface area contributed by atoms with Crippen molar-refractivity contribution in [1.82, 2.24) is 0 Å². The van der Waals surface area contributed by atoms with Gasteiger partial charge in [0.25, 0.3) is 0 Å². The third kappa shape index (κ3) is 4.09. The van der Waals surface area contributed by atoms with Gasteiger partial charge in [-0.3, -0.25) is 4.79 Å². The van der Waals surface area contributed by atoms with Crippen LogP contribution < -0.4 is 4.74 Å². The van der Waals surface area contributed by atoms with Crippen molar-refractivity contribution in [2.45, 2.75) is 33.6 Å². The molecule has 0 fully saturated rings. The zero-order valence-corrected chi connectivity index (χ0v) is 12.5. The van der Waals surface area contributed by atoms with E-state index < -0.39 is 0 Å². The van der Waals surface area contributed by atoms with E-state index in [0.717, 1.165) is 23.3 Å². The van der Waals surface area contributed by atoms with Crippen molar-refractivity contribution in [1.29, 1.82) is 0 Å². The number of rotatable bonds is 4. The molecule has 1 aliphatic carbocycles. The predicted octanol–water partition coefficient (Wildman–Crippen LogP) is 4.41. The van der Waals surface area contributed by atoms with E-state index in [1.165, 1.54) is 0 Å². The smallest absolute Gasteiger partial charge is 0.156 e. The van der Waals surface area contributed by atoms with Crippen molar-refractivity contribution in [3.05, 3.63) is 47.6 Å². The van der Waals surface area contributed by atoms with Crippen LogP contribution in [-0.2, 0) is 4.79 Å². The van der Waals surface area contributed by atoms with E-state index >= 15 is 0 Å². The quantitative estimate of drug-likeness (QED) is 0.810. The molecule has 2 heteroatoms. The summed E-state index contributed by atoms with van der Waals surface area (Å²) in [5.41, 5.74) is 2.30. The third-order valence-electron chi connectivity index (χ3n) is 3.36. The van der Waals surface area contributed by atoms with E-state index in [2.05, 4.69) is 26.0 Å². The number of ketones is 1. The Bertz CT molecular complexity index is 533. The molecule has 0 aromatic heterocycles. The summed E-state index contributed by atoms with van der Waals surface area (Å²) in [6.45, 7) is 6.94. The molecular weight excluding hydrogens is 248 g/mol. The molecule has 0 radical (unpaired) electrons. The zero-order chi connectivity index (χ0) is 14.6. The third-order valence-corrected chi connectivity index (χ3v) is 3.36. The number of carbonyl (C=O) groups excluding carboxylic acids is 1. The number of allylic oxidation sites excluding steroid dienone is 3. The Morgan fingerprint density at radius 2 is 1.85 bits per heavy atom. The summed E-state index contributed by atoms with van der Waals surface area (Å²) in [6.07, 6.45) is 7.47. The molecule has 0 spiro atoms. The molecule has 0 atom stereocenters. The van der Waals surface area contributed by atoms with Gasteiger partial charge < -0.3 is 4.74 Å². The number of hydrogen-bond donors (Lipinski definition) is 0. The fourth-order valence-electron chi connectivity index (χ4n) is 2.55. The summed E-state index contributed by atoms with van der Waals surface area (Å²) in [6, 6.07) is 7.98. The number of benzene rings is 1. The molecule has 0 aliphatic heterocycles. The van der Waals surface area contributed by atoms with E-state index in [1.54, 1.807) is 6.08 Å². The normalized spacial score (nSPS) is 18.1. The lowest BCUT2D eigenvalue weighted by molar-refractivity contribution is -0.116. The summed E-state index contributed by atoms with van der Waals surface area (Å²) < 4.78 is 5.42. The first kappa shape index (κ1) is 14.6. The minimum atomic E-state index is 0.0737. The molecular formula is C18H22O2. The summed E-state index contributed by atoms with van der Waals surface area (Å²) in [7, 11) is 0. The SMILES string of the molecule is CCOc1ccc(C=CC2=CC(=O)CC(C)(C)C2)cc1. The molecule has 20 heavy (non-hydrogen) atoms. The maximum atomic E-state index is 11.7. The second-order valence-corrected chi connectivity index (χ2v) is 6.04. The van der Waals surface area contributed by atoms with Gasteiger partial charge in [0.05, 0.1) is 6.61 Å². The van der Waals surface area contributed by atoms with Gasteiger partial charge in [-0.1, -0.05) is 38.1 Å². The highest BCUT2D eigenvalue weighted by Gasteiger charge is 2.26. The first-order chi connectivity index (χ1) is 9.48. The zero-order valence-electron chi connectivity index (χ0n) is 12.5. The molecule has 1 aromatic carbocycles. The summed E-state index contributed by atoms with van der Waals surface area (Å²) in [5.74, 6) is 1.12. The van der Waals surface area contributed by atoms with Crippen LogP contribution in [0.2, 0.25) is 0 Å².